The zero-order valence-electron chi connectivity index (χ0n) is 7.95. The van der Waals surface area contributed by atoms with Gasteiger partial charge < -0.3 is 10.7 Å². The molecule has 0 spiro atoms. The van der Waals surface area contributed by atoms with Crippen LogP contribution in [0.5, 0.6) is 0 Å². The van der Waals surface area contributed by atoms with Crippen LogP contribution in [0.2, 0.25) is 10.2 Å². The van der Waals surface area contributed by atoms with Gasteiger partial charge in [0.05, 0.1) is 5.02 Å². The van der Waals surface area contributed by atoms with Gasteiger partial charge in [0.1, 0.15) is 5.15 Å². The Morgan fingerprint density at radius 3 is 2.07 bits per heavy atom. The van der Waals surface area contributed by atoms with Crippen LogP contribution in [-0.4, -0.2) is 9.97 Å². The van der Waals surface area contributed by atoms with Crippen LogP contribution in [0.4, 0.5) is 0 Å². The highest BCUT2D eigenvalue weighted by molar-refractivity contribution is 6.41. The molecule has 0 aliphatic carbocycles. The van der Waals surface area contributed by atoms with Crippen LogP contribution in [0.3, 0.4) is 0 Å². The van der Waals surface area contributed by atoms with Crippen molar-refractivity contribution in [2.45, 2.75) is 6.54 Å². The molecule has 5 heteroatoms. The zero-order valence-corrected chi connectivity index (χ0v) is 9.46. The molecule has 0 aliphatic heterocycles. The maximum atomic E-state index is 5.67. The standard InChI is InChI=1S/C5H6Cl2N2.C5H5N/c6-4-3(1-8)2-9-5(4)7;1-2-4-6-5-3-1/h2,9H,1,8H2;1-5H. The average Bonchev–Trinajstić information content (AvgIpc) is 2.63. The maximum Gasteiger partial charge on any atom is 0.125 e. The van der Waals surface area contributed by atoms with E-state index in [1.807, 2.05) is 18.2 Å². The summed E-state index contributed by atoms with van der Waals surface area (Å²) in [6, 6.07) is 5.72. The summed E-state index contributed by atoms with van der Waals surface area (Å²) in [7, 11) is 0. The van der Waals surface area contributed by atoms with Crippen LogP contribution in [-0.2, 0) is 6.54 Å². The topological polar surface area (TPSA) is 54.7 Å². The fraction of sp³-hybridized carbons (Fsp3) is 0.100. The molecule has 15 heavy (non-hydrogen) atoms. The van der Waals surface area contributed by atoms with Gasteiger partial charge in [0.25, 0.3) is 0 Å². The molecule has 2 rings (SSSR count). The molecule has 2 aromatic heterocycles. The molecule has 2 aromatic rings. The van der Waals surface area contributed by atoms with Crippen LogP contribution >= 0.6 is 23.2 Å². The molecule has 0 aliphatic rings. The van der Waals surface area contributed by atoms with Gasteiger partial charge in [0.2, 0.25) is 0 Å². The number of aromatic amines is 1. The Morgan fingerprint density at radius 1 is 1.20 bits per heavy atom. The number of aromatic nitrogens is 2. The van der Waals surface area contributed by atoms with E-state index in [4.69, 9.17) is 28.9 Å². The van der Waals surface area contributed by atoms with Crippen LogP contribution < -0.4 is 5.73 Å². The number of pyridine rings is 1. The number of nitrogens with two attached hydrogens (primary N) is 1. The third-order valence-electron chi connectivity index (χ3n) is 1.63. The lowest BCUT2D eigenvalue weighted by Crippen LogP contribution is -1.93. The molecule has 0 bridgehead atoms. The van der Waals surface area contributed by atoms with Crippen molar-refractivity contribution in [1.82, 2.24) is 9.97 Å². The number of rotatable bonds is 1. The van der Waals surface area contributed by atoms with E-state index in [2.05, 4.69) is 9.97 Å². The smallest absolute Gasteiger partial charge is 0.125 e. The summed E-state index contributed by atoms with van der Waals surface area (Å²) >= 11 is 11.2. The van der Waals surface area contributed by atoms with Gasteiger partial charge in [-0.05, 0) is 12.1 Å². The molecule has 3 N–H and O–H groups in total. The largest absolute Gasteiger partial charge is 0.351 e. The number of halogens is 2. The van der Waals surface area contributed by atoms with Gasteiger partial charge in [0, 0.05) is 30.7 Å². The molecule has 80 valence electrons. The highest BCUT2D eigenvalue weighted by Crippen LogP contribution is 2.23. The molecule has 0 saturated carbocycles. The minimum atomic E-state index is 0.419. The van der Waals surface area contributed by atoms with Crippen molar-refractivity contribution >= 4 is 23.2 Å². The van der Waals surface area contributed by atoms with E-state index in [1.165, 1.54) is 0 Å². The van der Waals surface area contributed by atoms with E-state index in [-0.39, 0.29) is 0 Å². The van der Waals surface area contributed by atoms with Gasteiger partial charge in [0.15, 0.2) is 0 Å². The van der Waals surface area contributed by atoms with Gasteiger partial charge in [-0.15, -0.1) is 0 Å². The molecule has 0 amide bonds. The molecular weight excluding hydrogens is 233 g/mol. The third kappa shape index (κ3) is 3.91. The quantitative estimate of drug-likeness (QED) is 0.810. The monoisotopic (exact) mass is 243 g/mol. The second-order valence-electron chi connectivity index (χ2n) is 2.67. The summed E-state index contributed by atoms with van der Waals surface area (Å²) in [5.41, 5.74) is 6.15. The Bertz CT molecular complexity index is 360. The van der Waals surface area contributed by atoms with Crippen molar-refractivity contribution in [1.29, 1.82) is 0 Å². The lowest BCUT2D eigenvalue weighted by atomic mass is 10.3. The van der Waals surface area contributed by atoms with Crippen LogP contribution in [0.25, 0.3) is 0 Å². The normalized spacial score (nSPS) is 9.27. The second kappa shape index (κ2) is 6.45. The predicted molar refractivity (Wildman–Crippen MR) is 62.9 cm³/mol. The van der Waals surface area contributed by atoms with Gasteiger partial charge in [-0.25, -0.2) is 0 Å². The molecule has 0 atom stereocenters. The number of hydrogen-bond acceptors (Lipinski definition) is 2. The SMILES string of the molecule is NCc1c[nH]c(Cl)c1Cl.c1ccncc1. The summed E-state index contributed by atoms with van der Waals surface area (Å²) in [5, 5.41) is 0.983. The van der Waals surface area contributed by atoms with Crippen molar-refractivity contribution in [3.63, 3.8) is 0 Å². The molecule has 3 nitrogen and oxygen atoms in total. The summed E-state index contributed by atoms with van der Waals surface area (Å²) in [6.07, 6.45) is 5.20. The Hall–Kier alpha value is -1.03. The molecule has 0 fully saturated rings. The van der Waals surface area contributed by atoms with E-state index >= 15 is 0 Å². The lowest BCUT2D eigenvalue weighted by molar-refractivity contribution is 1.07. The Labute approximate surface area is 98.2 Å². The zero-order chi connectivity index (χ0) is 11.1. The second-order valence-corrected chi connectivity index (χ2v) is 3.43. The maximum absolute atomic E-state index is 5.67. The minimum Gasteiger partial charge on any atom is -0.351 e. The molecule has 0 aromatic carbocycles. The number of nitrogens with zero attached hydrogens (tertiary/aromatic N) is 1. The summed E-state index contributed by atoms with van der Waals surface area (Å²) in [4.78, 5) is 6.53. The predicted octanol–water partition coefficient (Wildman–Crippen LogP) is 2.86. The Balaban J connectivity index is 0.000000162. The Kier molecular flexibility index (Phi) is 5.18. The fourth-order valence-corrected chi connectivity index (χ4v) is 1.24. The first-order chi connectivity index (χ1) is 7.25. The van der Waals surface area contributed by atoms with Crippen molar-refractivity contribution < 1.29 is 0 Å². The van der Waals surface area contributed by atoms with Crippen LogP contribution in [0.15, 0.2) is 36.8 Å². The number of H-pyrrole nitrogens is 1. The van der Waals surface area contributed by atoms with E-state index in [1.54, 1.807) is 18.6 Å². The third-order valence-corrected chi connectivity index (χ3v) is 2.46. The van der Waals surface area contributed by atoms with Crippen LogP contribution in [0, 0.1) is 0 Å². The highest BCUT2D eigenvalue weighted by Gasteiger charge is 2.03. The van der Waals surface area contributed by atoms with E-state index < -0.39 is 0 Å². The first kappa shape index (κ1) is 12.0. The lowest BCUT2D eigenvalue weighted by Gasteiger charge is -1.87. The van der Waals surface area contributed by atoms with Crippen molar-refractivity contribution in [2.24, 2.45) is 5.73 Å². The van der Waals surface area contributed by atoms with E-state index in [0.717, 1.165) is 5.56 Å². The molecule has 0 radical (unpaired) electrons. The number of hydrogen-bond donors (Lipinski definition) is 2. The summed E-state index contributed by atoms with van der Waals surface area (Å²) in [5.74, 6) is 0. The van der Waals surface area contributed by atoms with E-state index in [0.29, 0.717) is 16.7 Å². The van der Waals surface area contributed by atoms with Gasteiger partial charge in [-0.2, -0.15) is 0 Å². The average molecular weight is 244 g/mol. The van der Waals surface area contributed by atoms with Gasteiger partial charge >= 0.3 is 0 Å². The molecular formula is C10H11Cl2N3. The fourth-order valence-electron chi connectivity index (χ4n) is 0.879. The first-order valence-corrected chi connectivity index (χ1v) is 5.07. The van der Waals surface area contributed by atoms with Crippen molar-refractivity contribution in [3.8, 4) is 0 Å². The summed E-state index contributed by atoms with van der Waals surface area (Å²) < 4.78 is 0. The molecule has 0 unspecified atom stereocenters. The van der Waals surface area contributed by atoms with Gasteiger partial charge in [-0.3, -0.25) is 4.98 Å². The van der Waals surface area contributed by atoms with Crippen molar-refractivity contribution in [3.05, 3.63) is 52.5 Å². The minimum absolute atomic E-state index is 0.419. The van der Waals surface area contributed by atoms with Crippen LogP contribution in [0.1, 0.15) is 5.56 Å². The first-order valence-electron chi connectivity index (χ1n) is 4.32. The number of nitrogens with one attached hydrogen (secondary N) is 1. The molecule has 2 heterocycles. The summed E-state index contributed by atoms with van der Waals surface area (Å²) in [6.45, 7) is 0.419. The van der Waals surface area contributed by atoms with Crippen molar-refractivity contribution in [2.75, 3.05) is 0 Å². The van der Waals surface area contributed by atoms with E-state index in [9.17, 15) is 0 Å². The van der Waals surface area contributed by atoms with Gasteiger partial charge in [-0.1, -0.05) is 29.3 Å². The molecule has 0 saturated heterocycles. The highest BCUT2D eigenvalue weighted by atomic mass is 35.5. The Morgan fingerprint density at radius 2 is 1.87 bits per heavy atom.